The van der Waals surface area contributed by atoms with Crippen LogP contribution in [0.3, 0.4) is 0 Å². The quantitative estimate of drug-likeness (QED) is 0.0272. The lowest BCUT2D eigenvalue weighted by Gasteiger charge is -2.32. The maximum absolute atomic E-state index is 14.4. The van der Waals surface area contributed by atoms with E-state index >= 15 is 0 Å². The molecule has 0 bridgehead atoms. The first-order chi connectivity index (χ1) is 43.0. The van der Waals surface area contributed by atoms with Crippen LogP contribution >= 0.6 is 0 Å². The van der Waals surface area contributed by atoms with Crippen LogP contribution < -0.4 is 64.6 Å². The molecule has 2 heterocycles. The summed E-state index contributed by atoms with van der Waals surface area (Å²) in [5.41, 5.74) is 12.1. The van der Waals surface area contributed by atoms with Gasteiger partial charge in [0.1, 0.15) is 60.4 Å². The summed E-state index contributed by atoms with van der Waals surface area (Å²) < 4.78 is 0. The molecule has 1 saturated heterocycles. The van der Waals surface area contributed by atoms with Gasteiger partial charge in [-0.05, 0) is 96.4 Å². The molecule has 1 aliphatic heterocycles. The second-order valence-electron chi connectivity index (χ2n) is 23.8. The summed E-state index contributed by atoms with van der Waals surface area (Å²) in [4.78, 5) is 195. The van der Waals surface area contributed by atoms with Crippen molar-refractivity contribution >= 4 is 82.9 Å². The van der Waals surface area contributed by atoms with Gasteiger partial charge in [-0.2, -0.15) is 0 Å². The van der Waals surface area contributed by atoms with Gasteiger partial charge in [0.05, 0.1) is 36.9 Å². The van der Waals surface area contributed by atoms with Crippen LogP contribution in [0.25, 0.3) is 0 Å². The third-order valence-electron chi connectivity index (χ3n) is 14.8. The van der Waals surface area contributed by atoms with E-state index in [1.165, 1.54) is 40.2 Å². The van der Waals surface area contributed by atoms with E-state index in [-0.39, 0.29) is 69.9 Å². The van der Waals surface area contributed by atoms with Gasteiger partial charge in [-0.15, -0.1) is 0 Å². The van der Waals surface area contributed by atoms with Crippen LogP contribution in [0, 0.1) is 17.8 Å². The number of likely N-dealkylation sites (tertiary alicyclic amines) is 1. The predicted octanol–water partition coefficient (Wildman–Crippen LogP) is -5.81. The van der Waals surface area contributed by atoms with Crippen LogP contribution in [0.15, 0.2) is 12.5 Å². The molecule has 518 valence electrons. The number of nitrogens with two attached hydrogens (primary N) is 2. The Bertz CT molecular complexity index is 2690. The number of aliphatic hydroxyl groups excluding tert-OH is 3. The number of imidazole rings is 1. The number of aliphatic hydroxyl groups is 3. The van der Waals surface area contributed by atoms with E-state index in [1.54, 1.807) is 27.7 Å². The number of rotatable bonds is 41. The monoisotopic (exact) mass is 1310 g/mol. The van der Waals surface area contributed by atoms with Crippen molar-refractivity contribution < 1.29 is 97.8 Å². The molecule has 0 radical (unpaired) electrons. The van der Waals surface area contributed by atoms with Gasteiger partial charge in [-0.25, -0.2) is 9.78 Å². The van der Waals surface area contributed by atoms with E-state index in [4.69, 9.17) is 11.5 Å². The number of carboxylic acid groups (broad SMARTS) is 3. The maximum Gasteiger partial charge on any atom is 0.328 e. The van der Waals surface area contributed by atoms with Crippen LogP contribution in [-0.2, 0) is 73.5 Å². The van der Waals surface area contributed by atoms with Gasteiger partial charge < -0.3 is 105 Å². The summed E-state index contributed by atoms with van der Waals surface area (Å²) in [6.07, 6.45) is -2.83. The zero-order chi connectivity index (χ0) is 69.9. The van der Waals surface area contributed by atoms with Crippen LogP contribution in [0.4, 0.5) is 0 Å². The number of nitrogens with zero attached hydrogens (tertiary/aromatic N) is 2. The second-order valence-corrected chi connectivity index (χ2v) is 23.8. The number of aromatic amines is 1. The van der Waals surface area contributed by atoms with Crippen molar-refractivity contribution in [1.82, 2.24) is 68.0 Å². The number of hydrogen-bond donors (Lipinski definition) is 19. The van der Waals surface area contributed by atoms with Crippen LogP contribution in [0.2, 0.25) is 0 Å². The zero-order valence-electron chi connectivity index (χ0n) is 53.3. The van der Waals surface area contributed by atoms with Crippen LogP contribution in [0.5, 0.6) is 0 Å². The standard InChI is InChI=1S/C57H95N15O20/c1-26(2)21-36(66-50(84)37(22-32-23-60-25-61-32)67-54(88)42(59)27(3)4)51(85)70-44(30(8)74)56(90)72-20-12-14-39(72)53(87)65-35(16-18-41(78)79)49(83)64-34(15-17-40(76)77)48(82)63-33(13-10-11-19-58)47(81)68-38(24-73)52(86)62-29(7)46(80)69-43(28(5)6)55(89)71-45(31(9)75)57(91)92/h23,25-31,33-39,42-45,73-75H,10-22,24,58-59H2,1-9H3,(H,60,61)(H,62,86)(H,63,82)(H,64,83)(H,65,87)(H,66,84)(H,67,88)(H,68,81)(H,69,80)(H,70,85)(H,71,89)(H,76,77)(H,78,79)(H,91,92)/t29-,30+,31+,33-,34-,35-,36-,37-,38-,39-,42-,43-,44-,45-/m0/s1. The molecular weight excluding hydrogens is 1210 g/mol. The average Bonchev–Trinajstić information content (AvgIpc) is 1.65. The molecular formula is C57H95N15O20. The Balaban J connectivity index is 2.38. The second kappa shape index (κ2) is 39.1. The summed E-state index contributed by atoms with van der Waals surface area (Å²) in [7, 11) is 0. The molecule has 35 heteroatoms. The lowest BCUT2D eigenvalue weighted by Crippen LogP contribution is -2.62. The summed E-state index contributed by atoms with van der Waals surface area (Å²) in [6, 6.07) is -18.4. The Morgan fingerprint density at radius 2 is 1.04 bits per heavy atom. The fraction of sp³-hybridized carbons (Fsp3) is 0.702. The van der Waals surface area contributed by atoms with Gasteiger partial charge in [0.15, 0.2) is 6.04 Å². The minimum atomic E-state index is -1.82. The normalized spacial score (nSPS) is 17.3. The molecule has 2 rings (SSSR count). The minimum absolute atomic E-state index is 0.00180. The number of aromatic nitrogens is 2. The lowest BCUT2D eigenvalue weighted by atomic mass is 10.0. The summed E-state index contributed by atoms with van der Waals surface area (Å²) in [6.45, 7) is 12.4. The Kier molecular flexibility index (Phi) is 33.9. The summed E-state index contributed by atoms with van der Waals surface area (Å²) >= 11 is 0. The zero-order valence-corrected chi connectivity index (χ0v) is 53.3. The molecule has 21 N–H and O–H groups in total. The Hall–Kier alpha value is -8.41. The Labute approximate surface area is 532 Å². The first-order valence-electron chi connectivity index (χ1n) is 30.5. The van der Waals surface area contributed by atoms with E-state index in [2.05, 4.69) is 63.1 Å². The van der Waals surface area contributed by atoms with Gasteiger partial charge in [-0.1, -0.05) is 41.5 Å². The Morgan fingerprint density at radius 1 is 0.565 bits per heavy atom. The van der Waals surface area contributed by atoms with Crippen LogP contribution in [-0.4, -0.2) is 233 Å². The van der Waals surface area contributed by atoms with Crippen molar-refractivity contribution in [2.45, 2.75) is 218 Å². The van der Waals surface area contributed by atoms with Crippen molar-refractivity contribution in [3.8, 4) is 0 Å². The number of carboxylic acids is 3. The average molecular weight is 1310 g/mol. The minimum Gasteiger partial charge on any atom is -0.481 e. The van der Waals surface area contributed by atoms with Crippen molar-refractivity contribution in [1.29, 1.82) is 0 Å². The molecule has 0 aromatic carbocycles. The number of H-pyrrole nitrogens is 1. The van der Waals surface area contributed by atoms with E-state index in [0.29, 0.717) is 5.69 Å². The smallest absolute Gasteiger partial charge is 0.328 e. The lowest BCUT2D eigenvalue weighted by molar-refractivity contribution is -0.145. The van der Waals surface area contributed by atoms with Gasteiger partial charge >= 0.3 is 17.9 Å². The molecule has 1 aliphatic rings. The van der Waals surface area contributed by atoms with Gasteiger partial charge in [-0.3, -0.25) is 62.3 Å². The molecule has 0 aliphatic carbocycles. The highest BCUT2D eigenvalue weighted by molar-refractivity contribution is 6.00. The SMILES string of the molecule is CC(C)C[C@H](NC(=O)[C@H](Cc1c[nH]cn1)NC(=O)[C@@H](N)C(C)C)C(=O)N[C@H](C(=O)N1CCC[C@H]1C(=O)N[C@@H](CCC(=O)O)C(=O)N[C@@H](CCC(=O)O)C(=O)N[C@@H](CCCCN)C(=O)N[C@@H](CO)C(=O)N[C@@H](C)C(=O)N[C@H](C(=O)N[C@H](C(=O)O)[C@@H](C)O)C(C)C)[C@@H](C)O. The number of aliphatic carboxylic acids is 3. The van der Waals surface area contributed by atoms with Gasteiger partial charge in [0.2, 0.25) is 65.0 Å². The van der Waals surface area contributed by atoms with E-state index in [9.17, 15) is 97.8 Å². The molecule has 1 aromatic rings. The topological polar surface area (TPSA) is 565 Å². The van der Waals surface area contributed by atoms with Crippen molar-refractivity contribution in [2.24, 2.45) is 29.2 Å². The highest BCUT2D eigenvalue weighted by Gasteiger charge is 2.42. The number of unbranched alkanes of at least 4 members (excludes halogenated alkanes) is 1. The molecule has 11 amide bonds. The molecule has 35 nitrogen and oxygen atoms in total. The number of amides is 11. The number of nitrogens with one attached hydrogen (secondary N) is 11. The highest BCUT2D eigenvalue weighted by Crippen LogP contribution is 2.21. The highest BCUT2D eigenvalue weighted by atomic mass is 16.4. The predicted molar refractivity (Wildman–Crippen MR) is 324 cm³/mol. The van der Waals surface area contributed by atoms with E-state index < -0.39 is 206 Å². The molecule has 92 heavy (non-hydrogen) atoms. The molecule has 0 saturated carbocycles. The van der Waals surface area contributed by atoms with E-state index in [0.717, 1.165) is 11.8 Å². The fourth-order valence-electron chi connectivity index (χ4n) is 9.43. The first kappa shape index (κ1) is 79.7. The number of carbonyl (C=O) groups is 14. The molecule has 14 atom stereocenters. The number of carbonyl (C=O) groups excluding carboxylic acids is 11. The molecule has 0 spiro atoms. The van der Waals surface area contributed by atoms with Gasteiger partial charge in [0.25, 0.3) is 0 Å². The molecule has 1 fully saturated rings. The van der Waals surface area contributed by atoms with E-state index in [1.807, 2.05) is 0 Å². The third-order valence-corrected chi connectivity index (χ3v) is 14.8. The molecule has 1 aromatic heterocycles. The van der Waals surface area contributed by atoms with Gasteiger partial charge in [0, 0.05) is 32.0 Å². The summed E-state index contributed by atoms with van der Waals surface area (Å²) in [5.74, 6) is -16.6. The first-order valence-corrected chi connectivity index (χ1v) is 30.5. The third kappa shape index (κ3) is 26.4. The fourth-order valence-corrected chi connectivity index (χ4v) is 9.43. The number of hydrogen-bond acceptors (Lipinski definition) is 20. The summed E-state index contributed by atoms with van der Waals surface area (Å²) in [5, 5.41) is 83.6. The van der Waals surface area contributed by atoms with Crippen molar-refractivity contribution in [3.05, 3.63) is 18.2 Å². The largest absolute Gasteiger partial charge is 0.481 e. The Morgan fingerprint density at radius 3 is 1.52 bits per heavy atom. The van der Waals surface area contributed by atoms with Crippen LogP contribution in [0.1, 0.15) is 132 Å². The van der Waals surface area contributed by atoms with Crippen molar-refractivity contribution in [2.75, 3.05) is 19.7 Å². The van der Waals surface area contributed by atoms with Crippen molar-refractivity contribution in [3.63, 3.8) is 0 Å². The molecule has 0 unspecified atom stereocenters. The maximum atomic E-state index is 14.4.